The van der Waals surface area contributed by atoms with Crippen LogP contribution in [0.15, 0.2) is 48.5 Å². The van der Waals surface area contributed by atoms with Gasteiger partial charge in [0.1, 0.15) is 21.7 Å². The summed E-state index contributed by atoms with van der Waals surface area (Å²) in [6, 6.07) is 15.2. The maximum absolute atomic E-state index is 10.8. The third-order valence-electron chi connectivity index (χ3n) is 3.66. The van der Waals surface area contributed by atoms with Gasteiger partial charge in [-0.3, -0.25) is 0 Å². The van der Waals surface area contributed by atoms with Gasteiger partial charge in [0.15, 0.2) is 0 Å². The molecular formula is C17H16ClNO2S. The standard InChI is InChI=1S/C17H16ClNO2S/c1-17(18,15(20)11-7-3-5-9-13(11)21-2)16-19-12-8-4-6-10-14(12)22-16/h3-10,15,20H,1-2H3/t15-,17+/m0/s1. The van der Waals surface area contributed by atoms with Crippen LogP contribution in [0.1, 0.15) is 23.6 Å². The van der Waals surface area contributed by atoms with Crippen LogP contribution in [0.5, 0.6) is 5.75 Å². The number of methoxy groups -OCH3 is 1. The fraction of sp³-hybridized carbons (Fsp3) is 0.235. The Morgan fingerprint density at radius 3 is 2.59 bits per heavy atom. The minimum absolute atomic E-state index is 0.614. The Labute approximate surface area is 138 Å². The van der Waals surface area contributed by atoms with E-state index in [0.717, 1.165) is 10.2 Å². The summed E-state index contributed by atoms with van der Waals surface area (Å²) in [5.41, 5.74) is 1.54. The lowest BCUT2D eigenvalue weighted by atomic mass is 9.96. The van der Waals surface area contributed by atoms with Gasteiger partial charge in [-0.2, -0.15) is 0 Å². The Hall–Kier alpha value is -1.62. The molecule has 0 radical (unpaired) electrons. The van der Waals surface area contributed by atoms with E-state index in [4.69, 9.17) is 16.3 Å². The van der Waals surface area contributed by atoms with Gasteiger partial charge in [-0.1, -0.05) is 30.3 Å². The van der Waals surface area contributed by atoms with Crippen molar-refractivity contribution in [2.24, 2.45) is 0 Å². The lowest BCUT2D eigenvalue weighted by Crippen LogP contribution is -2.24. The van der Waals surface area contributed by atoms with Crippen molar-refractivity contribution in [3.8, 4) is 5.75 Å². The van der Waals surface area contributed by atoms with Crippen LogP contribution in [0.2, 0.25) is 0 Å². The van der Waals surface area contributed by atoms with Gasteiger partial charge in [-0.05, 0) is 25.1 Å². The van der Waals surface area contributed by atoms with E-state index < -0.39 is 11.0 Å². The normalized spacial score (nSPS) is 15.5. The van der Waals surface area contributed by atoms with E-state index in [1.165, 1.54) is 11.3 Å². The molecule has 114 valence electrons. The molecule has 5 heteroatoms. The van der Waals surface area contributed by atoms with Crippen molar-refractivity contribution in [1.82, 2.24) is 4.98 Å². The Balaban J connectivity index is 2.04. The highest BCUT2D eigenvalue weighted by atomic mass is 35.5. The van der Waals surface area contributed by atoms with Gasteiger partial charge in [-0.15, -0.1) is 22.9 Å². The van der Waals surface area contributed by atoms with Crippen LogP contribution < -0.4 is 4.74 Å². The fourth-order valence-corrected chi connectivity index (χ4v) is 3.69. The van der Waals surface area contributed by atoms with E-state index in [0.29, 0.717) is 16.3 Å². The molecule has 0 aliphatic rings. The third kappa shape index (κ3) is 2.58. The lowest BCUT2D eigenvalue weighted by molar-refractivity contribution is 0.129. The van der Waals surface area contributed by atoms with Gasteiger partial charge >= 0.3 is 0 Å². The van der Waals surface area contributed by atoms with Crippen molar-refractivity contribution in [2.75, 3.05) is 7.11 Å². The molecule has 2 aromatic carbocycles. The van der Waals surface area contributed by atoms with Crippen LogP contribution in [0.25, 0.3) is 10.2 Å². The van der Waals surface area contributed by atoms with E-state index in [1.54, 1.807) is 14.0 Å². The van der Waals surface area contributed by atoms with Gasteiger partial charge in [0.25, 0.3) is 0 Å². The SMILES string of the molecule is COc1ccccc1[C@H](O)[C@@](C)(Cl)c1nc2ccccc2s1. The zero-order valence-corrected chi connectivity index (χ0v) is 13.9. The molecule has 2 atom stereocenters. The van der Waals surface area contributed by atoms with E-state index in [1.807, 2.05) is 48.5 Å². The summed E-state index contributed by atoms with van der Waals surface area (Å²) in [6.45, 7) is 1.78. The number of aliphatic hydroxyl groups excluding tert-OH is 1. The molecule has 1 heterocycles. The number of hydrogen-bond donors (Lipinski definition) is 1. The maximum Gasteiger partial charge on any atom is 0.124 e. The number of thiazole rings is 1. The predicted molar refractivity (Wildman–Crippen MR) is 90.8 cm³/mol. The Bertz CT molecular complexity index is 767. The van der Waals surface area contributed by atoms with Gasteiger partial charge < -0.3 is 9.84 Å². The maximum atomic E-state index is 10.8. The molecule has 0 saturated heterocycles. The fourth-order valence-electron chi connectivity index (χ4n) is 2.38. The molecule has 0 aliphatic heterocycles. The second kappa shape index (κ2) is 5.88. The Morgan fingerprint density at radius 2 is 1.86 bits per heavy atom. The number of hydrogen-bond acceptors (Lipinski definition) is 4. The van der Waals surface area contributed by atoms with Crippen LogP contribution in [0, 0.1) is 0 Å². The van der Waals surface area contributed by atoms with Gasteiger partial charge in [0.05, 0.1) is 17.3 Å². The number of ether oxygens (including phenoxy) is 1. The molecule has 0 amide bonds. The highest BCUT2D eigenvalue weighted by molar-refractivity contribution is 7.18. The molecule has 1 N–H and O–H groups in total. The number of para-hydroxylation sites is 2. The minimum atomic E-state index is -1.03. The molecule has 0 fully saturated rings. The van der Waals surface area contributed by atoms with Crippen LogP contribution in [-0.2, 0) is 4.87 Å². The monoisotopic (exact) mass is 333 g/mol. The molecule has 1 aromatic heterocycles. The summed E-state index contributed by atoms with van der Waals surface area (Å²) >= 11 is 8.19. The molecule has 3 nitrogen and oxygen atoms in total. The Kier molecular flexibility index (Phi) is 4.08. The smallest absolute Gasteiger partial charge is 0.124 e. The number of aliphatic hydroxyl groups is 1. The van der Waals surface area contributed by atoms with Gasteiger partial charge in [0, 0.05) is 5.56 Å². The second-order valence-corrected chi connectivity index (χ2v) is 7.02. The van der Waals surface area contributed by atoms with Crippen molar-refractivity contribution in [1.29, 1.82) is 0 Å². The number of rotatable bonds is 4. The average Bonchev–Trinajstić information content (AvgIpc) is 2.99. The molecule has 0 spiro atoms. The van der Waals surface area contributed by atoms with Crippen LogP contribution in [-0.4, -0.2) is 17.2 Å². The van der Waals surface area contributed by atoms with Gasteiger partial charge in [-0.25, -0.2) is 4.98 Å². The molecule has 0 saturated carbocycles. The summed E-state index contributed by atoms with van der Waals surface area (Å²) in [4.78, 5) is 3.54. The highest BCUT2D eigenvalue weighted by Gasteiger charge is 2.38. The first-order chi connectivity index (χ1) is 10.5. The Morgan fingerprint density at radius 1 is 1.18 bits per heavy atom. The van der Waals surface area contributed by atoms with Crippen molar-refractivity contribution in [3.63, 3.8) is 0 Å². The van der Waals surface area contributed by atoms with Crippen LogP contribution in [0.4, 0.5) is 0 Å². The van der Waals surface area contributed by atoms with E-state index in [2.05, 4.69) is 4.98 Å². The molecule has 3 rings (SSSR count). The first kappa shape index (κ1) is 15.3. The van der Waals surface area contributed by atoms with Crippen molar-refractivity contribution < 1.29 is 9.84 Å². The van der Waals surface area contributed by atoms with Crippen LogP contribution >= 0.6 is 22.9 Å². The number of halogens is 1. The molecule has 0 aliphatic carbocycles. The second-order valence-electron chi connectivity index (χ2n) is 5.21. The molecule has 0 bridgehead atoms. The van der Waals surface area contributed by atoms with Crippen molar-refractivity contribution in [3.05, 3.63) is 59.1 Å². The van der Waals surface area contributed by atoms with E-state index in [-0.39, 0.29) is 0 Å². The first-order valence-corrected chi connectivity index (χ1v) is 8.09. The number of nitrogens with zero attached hydrogens (tertiary/aromatic N) is 1. The summed E-state index contributed by atoms with van der Waals surface area (Å²) in [5, 5.41) is 11.5. The molecule has 3 aromatic rings. The third-order valence-corrected chi connectivity index (χ3v) is 5.43. The molecule has 22 heavy (non-hydrogen) atoms. The van der Waals surface area contributed by atoms with Crippen molar-refractivity contribution >= 4 is 33.2 Å². The minimum Gasteiger partial charge on any atom is -0.496 e. The quantitative estimate of drug-likeness (QED) is 0.715. The van der Waals surface area contributed by atoms with Gasteiger partial charge in [0.2, 0.25) is 0 Å². The molecule has 0 unspecified atom stereocenters. The number of aromatic nitrogens is 1. The summed E-state index contributed by atoms with van der Waals surface area (Å²) in [5.74, 6) is 0.614. The lowest BCUT2D eigenvalue weighted by Gasteiger charge is -2.27. The zero-order chi connectivity index (χ0) is 15.7. The van der Waals surface area contributed by atoms with E-state index >= 15 is 0 Å². The number of fused-ring (bicyclic) bond motifs is 1. The summed E-state index contributed by atoms with van der Waals surface area (Å²) in [7, 11) is 1.58. The number of benzene rings is 2. The van der Waals surface area contributed by atoms with Crippen LogP contribution in [0.3, 0.4) is 0 Å². The van der Waals surface area contributed by atoms with Crippen molar-refractivity contribution in [2.45, 2.75) is 17.9 Å². The number of alkyl halides is 1. The summed E-state index contributed by atoms with van der Waals surface area (Å²) in [6.07, 6.45) is -0.925. The zero-order valence-electron chi connectivity index (χ0n) is 12.3. The summed E-state index contributed by atoms with van der Waals surface area (Å²) < 4.78 is 6.37. The largest absolute Gasteiger partial charge is 0.496 e. The predicted octanol–water partition coefficient (Wildman–Crippen LogP) is 4.49. The topological polar surface area (TPSA) is 42.4 Å². The van der Waals surface area contributed by atoms with E-state index in [9.17, 15) is 5.11 Å². The average molecular weight is 334 g/mol. The molecular weight excluding hydrogens is 318 g/mol. The highest BCUT2D eigenvalue weighted by Crippen LogP contribution is 2.45. The first-order valence-electron chi connectivity index (χ1n) is 6.90.